The number of hydrogen-bond acceptors (Lipinski definition) is 5. The molecule has 1 N–H and O–H groups in total. The Kier molecular flexibility index (Phi) is 7.93. The van der Waals surface area contributed by atoms with Gasteiger partial charge >= 0.3 is 0 Å². The Labute approximate surface area is 236 Å². The largest absolute Gasteiger partial charge is 0.514 e. The first kappa shape index (κ1) is 29.2. The van der Waals surface area contributed by atoms with Crippen molar-refractivity contribution in [3.8, 4) is 17.4 Å². The van der Waals surface area contributed by atoms with Gasteiger partial charge in [0.2, 0.25) is 5.88 Å². The van der Waals surface area contributed by atoms with Crippen molar-refractivity contribution in [3.05, 3.63) is 59.2 Å². The standard InChI is InChI=1S/C31H39N2O3.Pt/c1-18(2)21-15-22(27-33-31(10,30(7,8)9)28(36-27)29(4,5)6)17-23(16-21)35-25-12-11-20-13-19(3)14-24(34)26(20)32-25;/h11-16,18,28,34H,1-10H3;/q-1;/t28-,31+;/m0./s1. The number of aromatic nitrogens is 1. The molecule has 3 aromatic rings. The van der Waals surface area contributed by atoms with E-state index >= 15 is 0 Å². The molecule has 2 aromatic carbocycles. The second-order valence-electron chi connectivity index (χ2n) is 12.6. The minimum absolute atomic E-state index is 0. The summed E-state index contributed by atoms with van der Waals surface area (Å²) in [5, 5.41) is 11.3. The Bertz CT molecular complexity index is 1330. The summed E-state index contributed by atoms with van der Waals surface area (Å²) in [4.78, 5) is 9.74. The van der Waals surface area contributed by atoms with E-state index < -0.39 is 5.54 Å². The summed E-state index contributed by atoms with van der Waals surface area (Å²) in [7, 11) is 0. The summed E-state index contributed by atoms with van der Waals surface area (Å²) in [5.41, 5.74) is 2.76. The van der Waals surface area contributed by atoms with E-state index in [4.69, 9.17) is 14.5 Å². The predicted octanol–water partition coefficient (Wildman–Crippen LogP) is 7.96. The molecule has 2 atom stereocenters. The third kappa shape index (κ3) is 5.72. The fourth-order valence-corrected chi connectivity index (χ4v) is 4.81. The molecule has 1 aliphatic heterocycles. The van der Waals surface area contributed by atoms with Gasteiger partial charge in [0, 0.05) is 43.7 Å². The molecular weight excluding hydrogens is 643 g/mol. The zero-order chi connectivity index (χ0) is 26.6. The van der Waals surface area contributed by atoms with Gasteiger partial charge in [0.25, 0.3) is 0 Å². The van der Waals surface area contributed by atoms with E-state index in [1.807, 2.05) is 31.2 Å². The molecule has 0 unspecified atom stereocenters. The molecule has 2 heterocycles. The van der Waals surface area contributed by atoms with Crippen LogP contribution in [-0.2, 0) is 25.8 Å². The fourth-order valence-electron chi connectivity index (χ4n) is 4.81. The summed E-state index contributed by atoms with van der Waals surface area (Å²) >= 11 is 0. The average Bonchev–Trinajstić information content (AvgIpc) is 3.13. The Hall–Kier alpha value is -2.39. The first-order valence-corrected chi connectivity index (χ1v) is 12.7. The molecule has 0 bridgehead atoms. The molecule has 0 fully saturated rings. The van der Waals surface area contributed by atoms with Crippen molar-refractivity contribution in [2.75, 3.05) is 0 Å². The second-order valence-corrected chi connectivity index (χ2v) is 12.6. The number of aromatic hydroxyl groups is 1. The number of rotatable bonds is 4. The monoisotopic (exact) mass is 682 g/mol. The second kappa shape index (κ2) is 10.1. The average molecular weight is 683 g/mol. The van der Waals surface area contributed by atoms with Gasteiger partial charge in [-0.2, -0.15) is 0 Å². The summed E-state index contributed by atoms with van der Waals surface area (Å²) < 4.78 is 12.8. The number of phenolic OH excluding ortho intramolecular Hbond substituents is 1. The Morgan fingerprint density at radius 1 is 1.05 bits per heavy atom. The molecule has 0 amide bonds. The summed E-state index contributed by atoms with van der Waals surface area (Å²) in [6, 6.07) is 14.9. The van der Waals surface area contributed by atoms with Crippen LogP contribution in [0.25, 0.3) is 10.9 Å². The van der Waals surface area contributed by atoms with Crippen molar-refractivity contribution in [2.45, 2.75) is 86.8 Å². The maximum atomic E-state index is 10.4. The van der Waals surface area contributed by atoms with E-state index in [2.05, 4.69) is 79.4 Å². The van der Waals surface area contributed by atoms with Crippen LogP contribution in [0.4, 0.5) is 0 Å². The van der Waals surface area contributed by atoms with Crippen LogP contribution in [0.1, 0.15) is 84.9 Å². The van der Waals surface area contributed by atoms with Crippen LogP contribution in [0.2, 0.25) is 0 Å². The van der Waals surface area contributed by atoms with E-state index in [9.17, 15) is 5.11 Å². The maximum Gasteiger partial charge on any atom is 0.217 e. The molecule has 4 rings (SSSR count). The van der Waals surface area contributed by atoms with Gasteiger partial charge in [-0.15, -0.1) is 11.6 Å². The van der Waals surface area contributed by atoms with Crippen molar-refractivity contribution in [2.24, 2.45) is 15.8 Å². The van der Waals surface area contributed by atoms with Crippen LogP contribution < -0.4 is 4.74 Å². The molecule has 5 nitrogen and oxygen atoms in total. The normalized spacial score (nSPS) is 20.0. The smallest absolute Gasteiger partial charge is 0.217 e. The minimum atomic E-state index is -0.404. The summed E-state index contributed by atoms with van der Waals surface area (Å²) in [6.07, 6.45) is -0.0888. The van der Waals surface area contributed by atoms with Crippen LogP contribution in [0, 0.1) is 23.8 Å². The third-order valence-electron chi connectivity index (χ3n) is 7.25. The van der Waals surface area contributed by atoms with Crippen molar-refractivity contribution in [1.29, 1.82) is 0 Å². The van der Waals surface area contributed by atoms with Crippen molar-refractivity contribution < 1.29 is 35.6 Å². The van der Waals surface area contributed by atoms with Gasteiger partial charge in [0.05, 0.1) is 5.54 Å². The van der Waals surface area contributed by atoms with Gasteiger partial charge < -0.3 is 14.6 Å². The number of hydrogen-bond donors (Lipinski definition) is 1. The fraction of sp³-hybridized carbons (Fsp3) is 0.484. The van der Waals surface area contributed by atoms with Gasteiger partial charge in [-0.25, -0.2) is 4.98 Å². The minimum Gasteiger partial charge on any atom is -0.514 e. The molecular formula is C31H39N2O3Pt-. The number of fused-ring (bicyclic) bond motifs is 1. The van der Waals surface area contributed by atoms with Crippen LogP contribution >= 0.6 is 0 Å². The van der Waals surface area contributed by atoms with Crippen molar-refractivity contribution >= 4 is 16.8 Å². The molecule has 0 radical (unpaired) electrons. The molecule has 6 heteroatoms. The van der Waals surface area contributed by atoms with Gasteiger partial charge in [0.1, 0.15) is 23.3 Å². The first-order chi connectivity index (χ1) is 16.6. The summed E-state index contributed by atoms with van der Waals surface area (Å²) in [5.74, 6) is 1.94. The Morgan fingerprint density at radius 3 is 2.30 bits per heavy atom. The molecule has 0 aliphatic carbocycles. The molecule has 37 heavy (non-hydrogen) atoms. The Balaban J connectivity index is 0.00000380. The SMILES string of the molecule is Cc1cc(O)c2nc(Oc3[c-]c(C4=N[C@@](C)(C(C)(C)C)[C@H](C(C)(C)C)O4)cc(C(C)C)c3)ccc2c1.[Pt]. The van der Waals surface area contributed by atoms with Gasteiger partial charge in [-0.3, -0.25) is 4.99 Å². The number of phenols is 1. The van der Waals surface area contributed by atoms with E-state index in [1.165, 1.54) is 0 Å². The zero-order valence-electron chi connectivity index (χ0n) is 23.6. The van der Waals surface area contributed by atoms with E-state index in [0.717, 1.165) is 22.1 Å². The Morgan fingerprint density at radius 2 is 1.73 bits per heavy atom. The van der Waals surface area contributed by atoms with Crippen LogP contribution in [-0.4, -0.2) is 27.6 Å². The number of pyridine rings is 1. The summed E-state index contributed by atoms with van der Waals surface area (Å²) in [6.45, 7) is 21.7. The number of aliphatic imine (C=N–C) groups is 1. The number of ether oxygens (including phenoxy) is 2. The maximum absolute atomic E-state index is 10.4. The molecule has 0 saturated heterocycles. The van der Waals surface area contributed by atoms with E-state index in [0.29, 0.717) is 23.0 Å². The topological polar surface area (TPSA) is 63.9 Å². The van der Waals surface area contributed by atoms with Crippen LogP contribution in [0.15, 0.2) is 41.4 Å². The zero-order valence-corrected chi connectivity index (χ0v) is 25.9. The number of aryl methyl sites for hydroxylation is 1. The van der Waals surface area contributed by atoms with Gasteiger partial charge in [-0.1, -0.05) is 73.1 Å². The predicted molar refractivity (Wildman–Crippen MR) is 146 cm³/mol. The molecule has 0 spiro atoms. The third-order valence-corrected chi connectivity index (χ3v) is 7.25. The van der Waals surface area contributed by atoms with Crippen molar-refractivity contribution in [3.63, 3.8) is 0 Å². The van der Waals surface area contributed by atoms with E-state index in [1.54, 1.807) is 6.07 Å². The number of nitrogens with zero attached hydrogens (tertiary/aromatic N) is 2. The van der Waals surface area contributed by atoms with Crippen molar-refractivity contribution in [1.82, 2.24) is 4.98 Å². The quantitative estimate of drug-likeness (QED) is 0.284. The number of benzene rings is 2. The molecule has 202 valence electrons. The van der Waals surface area contributed by atoms with Crippen LogP contribution in [0.5, 0.6) is 17.4 Å². The van der Waals surface area contributed by atoms with Gasteiger partial charge in [-0.05, 0) is 48.9 Å². The first-order valence-electron chi connectivity index (χ1n) is 12.7. The van der Waals surface area contributed by atoms with Gasteiger partial charge in [0.15, 0.2) is 0 Å². The molecule has 1 aromatic heterocycles. The van der Waals surface area contributed by atoms with E-state index in [-0.39, 0.29) is 49.7 Å². The molecule has 0 saturated carbocycles. The molecule has 1 aliphatic rings. The van der Waals surface area contributed by atoms with Crippen LogP contribution in [0.3, 0.4) is 0 Å².